The second-order valence-corrected chi connectivity index (χ2v) is 10.6. The summed E-state index contributed by atoms with van der Waals surface area (Å²) in [5.74, 6) is 1.36. The molecular weight excluding hydrogens is 284 g/mol. The van der Waals surface area contributed by atoms with Crippen LogP contribution in [0.2, 0.25) is 0 Å². The fraction of sp³-hybridized carbons (Fsp3) is 0.941. The Morgan fingerprint density at radius 3 is 2.29 bits per heavy atom. The Balaban J connectivity index is 2.10. The fourth-order valence-electron chi connectivity index (χ4n) is 4.24. The zero-order valence-electron chi connectivity index (χ0n) is 13.9. The maximum absolute atomic E-state index is 12.4. The van der Waals surface area contributed by atoms with Crippen molar-refractivity contribution >= 4 is 15.6 Å². The molecule has 0 bridgehead atoms. The molecule has 122 valence electrons. The Labute approximate surface area is 129 Å². The van der Waals surface area contributed by atoms with Gasteiger partial charge < -0.3 is 0 Å². The van der Waals surface area contributed by atoms with Crippen LogP contribution in [0.4, 0.5) is 0 Å². The van der Waals surface area contributed by atoms with Crippen LogP contribution in [0.15, 0.2) is 0 Å². The number of carbonyl (C=O) groups excluding carboxylic acids is 1. The van der Waals surface area contributed by atoms with E-state index in [9.17, 15) is 13.2 Å². The van der Waals surface area contributed by atoms with Crippen LogP contribution in [0.5, 0.6) is 0 Å². The van der Waals surface area contributed by atoms with Gasteiger partial charge in [0, 0.05) is 18.6 Å². The minimum Gasteiger partial charge on any atom is -0.299 e. The van der Waals surface area contributed by atoms with Gasteiger partial charge in [-0.3, -0.25) is 4.79 Å². The van der Waals surface area contributed by atoms with Crippen molar-refractivity contribution in [3.8, 4) is 0 Å². The summed E-state index contributed by atoms with van der Waals surface area (Å²) < 4.78 is 23.7. The first-order chi connectivity index (χ1) is 9.59. The molecule has 0 N–H and O–H groups in total. The van der Waals surface area contributed by atoms with Crippen LogP contribution < -0.4 is 0 Å². The molecule has 0 aromatic heterocycles. The van der Waals surface area contributed by atoms with Crippen LogP contribution in [-0.4, -0.2) is 25.7 Å². The van der Waals surface area contributed by atoms with Gasteiger partial charge in [-0.05, 0) is 49.4 Å². The van der Waals surface area contributed by atoms with E-state index >= 15 is 0 Å². The zero-order valence-corrected chi connectivity index (χ0v) is 14.7. The predicted molar refractivity (Wildman–Crippen MR) is 85.9 cm³/mol. The summed E-state index contributed by atoms with van der Waals surface area (Å²) in [5, 5.41) is -0.223. The Bertz CT molecular complexity index is 487. The topological polar surface area (TPSA) is 51.2 Å². The quantitative estimate of drug-likeness (QED) is 0.782. The maximum atomic E-state index is 12.4. The Kier molecular flexibility index (Phi) is 4.87. The SMILES string of the molecule is CC(C)(C)C1CCC(=O)C(C2CCCC(S(C)(=O)=O)C2)C1. The van der Waals surface area contributed by atoms with Crippen molar-refractivity contribution in [1.29, 1.82) is 0 Å². The van der Waals surface area contributed by atoms with Gasteiger partial charge in [0.1, 0.15) is 15.6 Å². The van der Waals surface area contributed by atoms with Crippen LogP contribution in [0, 0.1) is 23.2 Å². The standard InChI is InChI=1S/C17H30O3S/c1-17(2,3)13-8-9-16(18)15(11-13)12-6-5-7-14(10-12)21(4,19)20/h12-15H,5-11H2,1-4H3. The molecule has 2 aliphatic carbocycles. The Morgan fingerprint density at radius 2 is 1.71 bits per heavy atom. The summed E-state index contributed by atoms with van der Waals surface area (Å²) in [7, 11) is -2.97. The highest BCUT2D eigenvalue weighted by atomic mass is 32.2. The average molecular weight is 314 g/mol. The second-order valence-electron chi connectivity index (χ2n) is 8.29. The van der Waals surface area contributed by atoms with Gasteiger partial charge in [-0.1, -0.05) is 27.2 Å². The molecule has 0 heterocycles. The molecule has 0 aromatic rings. The van der Waals surface area contributed by atoms with Crippen LogP contribution in [0.1, 0.15) is 65.7 Å². The number of carbonyl (C=O) groups is 1. The van der Waals surface area contributed by atoms with Crippen LogP contribution in [0.3, 0.4) is 0 Å². The van der Waals surface area contributed by atoms with Gasteiger partial charge >= 0.3 is 0 Å². The first kappa shape index (κ1) is 17.0. The lowest BCUT2D eigenvalue weighted by Gasteiger charge is -2.41. The van der Waals surface area contributed by atoms with Gasteiger partial charge in [0.25, 0.3) is 0 Å². The monoisotopic (exact) mass is 314 g/mol. The van der Waals surface area contributed by atoms with E-state index in [1.807, 2.05) is 0 Å². The molecule has 4 unspecified atom stereocenters. The summed E-state index contributed by atoms with van der Waals surface area (Å²) >= 11 is 0. The van der Waals surface area contributed by atoms with Crippen molar-refractivity contribution in [2.45, 2.75) is 71.0 Å². The Morgan fingerprint density at radius 1 is 1.05 bits per heavy atom. The number of rotatable bonds is 2. The van der Waals surface area contributed by atoms with Crippen molar-refractivity contribution in [3.63, 3.8) is 0 Å². The molecule has 2 saturated carbocycles. The van der Waals surface area contributed by atoms with E-state index in [2.05, 4.69) is 20.8 Å². The van der Waals surface area contributed by atoms with Crippen molar-refractivity contribution in [2.24, 2.45) is 23.2 Å². The number of ketones is 1. The van der Waals surface area contributed by atoms with Gasteiger partial charge in [-0.2, -0.15) is 0 Å². The lowest BCUT2D eigenvalue weighted by Crippen LogP contribution is -2.39. The second kappa shape index (κ2) is 6.02. The van der Waals surface area contributed by atoms with E-state index in [-0.39, 0.29) is 22.5 Å². The average Bonchev–Trinajstić information content (AvgIpc) is 2.37. The van der Waals surface area contributed by atoms with E-state index in [0.717, 1.165) is 32.1 Å². The highest BCUT2D eigenvalue weighted by Crippen LogP contribution is 2.44. The summed E-state index contributed by atoms with van der Waals surface area (Å²) in [6.45, 7) is 6.76. The lowest BCUT2D eigenvalue weighted by molar-refractivity contribution is -0.129. The third-order valence-corrected chi connectivity index (χ3v) is 7.40. The molecular formula is C17H30O3S. The zero-order chi connectivity index (χ0) is 15.8. The van der Waals surface area contributed by atoms with Gasteiger partial charge in [-0.15, -0.1) is 0 Å². The first-order valence-corrected chi connectivity index (χ1v) is 10.3. The number of sulfone groups is 1. The normalized spacial score (nSPS) is 35.7. The molecule has 4 atom stereocenters. The van der Waals surface area contributed by atoms with Crippen molar-refractivity contribution in [3.05, 3.63) is 0 Å². The number of hydrogen-bond donors (Lipinski definition) is 0. The molecule has 0 aliphatic heterocycles. The molecule has 2 aliphatic rings. The smallest absolute Gasteiger partial charge is 0.150 e. The number of hydrogen-bond acceptors (Lipinski definition) is 3. The van der Waals surface area contributed by atoms with E-state index in [1.54, 1.807) is 0 Å². The molecule has 0 aromatic carbocycles. The maximum Gasteiger partial charge on any atom is 0.150 e. The first-order valence-electron chi connectivity index (χ1n) is 8.30. The summed E-state index contributed by atoms with van der Waals surface area (Å²) in [5.41, 5.74) is 0.240. The van der Waals surface area contributed by atoms with Gasteiger partial charge in [0.05, 0.1) is 5.25 Å². The fourth-order valence-corrected chi connectivity index (χ4v) is 5.43. The van der Waals surface area contributed by atoms with E-state index in [0.29, 0.717) is 24.5 Å². The summed E-state index contributed by atoms with van der Waals surface area (Å²) in [6, 6.07) is 0. The lowest BCUT2D eigenvalue weighted by atomic mass is 9.64. The van der Waals surface area contributed by atoms with Crippen LogP contribution in [0.25, 0.3) is 0 Å². The van der Waals surface area contributed by atoms with E-state index in [4.69, 9.17) is 0 Å². The molecule has 2 fully saturated rings. The highest BCUT2D eigenvalue weighted by Gasteiger charge is 2.41. The minimum absolute atomic E-state index is 0.104. The van der Waals surface area contributed by atoms with Crippen molar-refractivity contribution in [2.75, 3.05) is 6.26 Å². The Hall–Kier alpha value is -0.380. The van der Waals surface area contributed by atoms with Crippen LogP contribution in [-0.2, 0) is 14.6 Å². The number of Topliss-reactive ketones (excluding diaryl/α,β-unsaturated/α-hetero) is 1. The third-order valence-electron chi connectivity index (χ3n) is 5.76. The van der Waals surface area contributed by atoms with Crippen molar-refractivity contribution in [1.82, 2.24) is 0 Å². The van der Waals surface area contributed by atoms with Crippen LogP contribution >= 0.6 is 0 Å². The molecule has 21 heavy (non-hydrogen) atoms. The predicted octanol–water partition coefficient (Wildman–Crippen LogP) is 3.62. The minimum atomic E-state index is -2.97. The highest BCUT2D eigenvalue weighted by molar-refractivity contribution is 7.91. The molecule has 0 amide bonds. The molecule has 4 heteroatoms. The summed E-state index contributed by atoms with van der Waals surface area (Å²) in [6.07, 6.45) is 7.45. The molecule has 2 rings (SSSR count). The molecule has 0 spiro atoms. The van der Waals surface area contributed by atoms with E-state index < -0.39 is 9.84 Å². The third kappa shape index (κ3) is 4.08. The van der Waals surface area contributed by atoms with E-state index in [1.165, 1.54) is 6.26 Å². The summed E-state index contributed by atoms with van der Waals surface area (Å²) in [4.78, 5) is 12.4. The van der Waals surface area contributed by atoms with Crippen molar-refractivity contribution < 1.29 is 13.2 Å². The van der Waals surface area contributed by atoms with Gasteiger partial charge in [0.2, 0.25) is 0 Å². The van der Waals surface area contributed by atoms with Gasteiger partial charge in [-0.25, -0.2) is 8.42 Å². The largest absolute Gasteiger partial charge is 0.299 e. The molecule has 3 nitrogen and oxygen atoms in total. The molecule has 0 radical (unpaired) electrons. The molecule has 0 saturated heterocycles. The van der Waals surface area contributed by atoms with Gasteiger partial charge in [0.15, 0.2) is 0 Å².